The van der Waals surface area contributed by atoms with E-state index in [1.807, 2.05) is 0 Å². The molecule has 26 heavy (non-hydrogen) atoms. The van der Waals surface area contributed by atoms with Gasteiger partial charge in [-0.15, -0.1) is 0 Å². The zero-order valence-corrected chi connectivity index (χ0v) is 14.9. The lowest BCUT2D eigenvalue weighted by Crippen LogP contribution is -2.36. The molecule has 1 heterocycles. The summed E-state index contributed by atoms with van der Waals surface area (Å²) in [4.78, 5) is 29.3. The smallest absolute Gasteiger partial charge is 0.336 e. The van der Waals surface area contributed by atoms with Gasteiger partial charge in [-0.05, 0) is 12.1 Å². The van der Waals surface area contributed by atoms with Crippen molar-refractivity contribution in [2.24, 2.45) is 7.05 Å². The fourth-order valence-corrected chi connectivity index (χ4v) is 2.93. The second kappa shape index (κ2) is 8.26. The van der Waals surface area contributed by atoms with Gasteiger partial charge in [0.2, 0.25) is 11.8 Å². The summed E-state index contributed by atoms with van der Waals surface area (Å²) in [5.74, 6) is -0.981. The Kier molecular flexibility index (Phi) is 6.30. The van der Waals surface area contributed by atoms with E-state index in [2.05, 4.69) is 10.3 Å². The molecule has 0 aliphatic rings. The maximum absolute atomic E-state index is 12.9. The fraction of sp³-hybridized carbons (Fsp3) is 0.312. The summed E-state index contributed by atoms with van der Waals surface area (Å²) in [6.07, 6.45) is -1.24. The van der Waals surface area contributed by atoms with Crippen LogP contribution in [0.1, 0.15) is 5.56 Å². The standard InChI is InChI=1S/C16H17F3N4O2S/c1-22-8-7-20-15(22)26-10-14(25)23(2)9-13(24)21-12-6-4-3-5-11(12)16(17,18)19/h3-8H,9-10H2,1-2H3,(H,21,24). The Morgan fingerprint density at radius 1 is 1.31 bits per heavy atom. The minimum atomic E-state index is -4.58. The van der Waals surface area contributed by atoms with E-state index in [-0.39, 0.29) is 23.9 Å². The maximum atomic E-state index is 12.9. The topological polar surface area (TPSA) is 67.2 Å². The van der Waals surface area contributed by atoms with Crippen LogP contribution in [-0.2, 0) is 22.8 Å². The second-order valence-corrected chi connectivity index (χ2v) is 6.39. The number of amides is 2. The van der Waals surface area contributed by atoms with Crippen molar-refractivity contribution in [3.63, 3.8) is 0 Å². The van der Waals surface area contributed by atoms with Gasteiger partial charge in [-0.3, -0.25) is 9.59 Å². The Labute approximate surface area is 152 Å². The number of aromatic nitrogens is 2. The zero-order chi connectivity index (χ0) is 19.3. The number of anilines is 1. The van der Waals surface area contributed by atoms with Crippen LogP contribution in [0.25, 0.3) is 0 Å². The minimum absolute atomic E-state index is 0.0633. The minimum Gasteiger partial charge on any atom is -0.336 e. The average Bonchev–Trinajstić information content (AvgIpc) is 2.97. The monoisotopic (exact) mass is 386 g/mol. The lowest BCUT2D eigenvalue weighted by Gasteiger charge is -2.18. The lowest BCUT2D eigenvalue weighted by atomic mass is 10.1. The predicted molar refractivity (Wildman–Crippen MR) is 91.6 cm³/mol. The van der Waals surface area contributed by atoms with Gasteiger partial charge in [0.05, 0.1) is 23.5 Å². The summed E-state index contributed by atoms with van der Waals surface area (Å²) in [6, 6.07) is 4.68. The van der Waals surface area contributed by atoms with E-state index in [1.165, 1.54) is 37.0 Å². The number of hydrogen-bond donors (Lipinski definition) is 1. The van der Waals surface area contributed by atoms with Crippen LogP contribution in [0.4, 0.5) is 18.9 Å². The SMILES string of the molecule is CN(CC(=O)Nc1ccccc1C(F)(F)F)C(=O)CSc1nccn1C. The number of aryl methyl sites for hydroxylation is 1. The Morgan fingerprint density at radius 3 is 2.62 bits per heavy atom. The molecule has 2 aromatic rings. The third kappa shape index (κ3) is 5.25. The molecule has 0 unspecified atom stereocenters. The molecular formula is C16H17F3N4O2S. The van der Waals surface area contributed by atoms with Gasteiger partial charge in [-0.1, -0.05) is 23.9 Å². The number of imidazole rings is 1. The number of nitrogens with one attached hydrogen (secondary N) is 1. The Balaban J connectivity index is 1.91. The van der Waals surface area contributed by atoms with Gasteiger partial charge >= 0.3 is 6.18 Å². The molecule has 6 nitrogen and oxygen atoms in total. The van der Waals surface area contributed by atoms with Crippen molar-refractivity contribution in [1.82, 2.24) is 14.5 Å². The average molecular weight is 386 g/mol. The summed E-state index contributed by atoms with van der Waals surface area (Å²) in [6.45, 7) is -0.355. The highest BCUT2D eigenvalue weighted by Gasteiger charge is 2.33. The predicted octanol–water partition coefficient (Wildman–Crippen LogP) is 2.63. The van der Waals surface area contributed by atoms with Crippen LogP contribution >= 0.6 is 11.8 Å². The summed E-state index contributed by atoms with van der Waals surface area (Å²) >= 11 is 1.21. The largest absolute Gasteiger partial charge is 0.418 e. The Morgan fingerprint density at radius 2 is 2.00 bits per heavy atom. The molecule has 2 amide bonds. The number of nitrogens with zero attached hydrogens (tertiary/aromatic N) is 3. The van der Waals surface area contributed by atoms with E-state index < -0.39 is 17.6 Å². The first-order chi connectivity index (χ1) is 12.2. The molecule has 0 spiro atoms. The highest BCUT2D eigenvalue weighted by molar-refractivity contribution is 7.99. The maximum Gasteiger partial charge on any atom is 0.418 e. The molecule has 2 rings (SSSR count). The fourth-order valence-electron chi connectivity index (χ4n) is 2.06. The number of hydrogen-bond acceptors (Lipinski definition) is 4. The molecule has 10 heteroatoms. The van der Waals surface area contributed by atoms with Gasteiger partial charge in [0.15, 0.2) is 5.16 Å². The van der Waals surface area contributed by atoms with Crippen molar-refractivity contribution < 1.29 is 22.8 Å². The molecule has 1 aromatic carbocycles. The van der Waals surface area contributed by atoms with Gasteiger partial charge < -0.3 is 14.8 Å². The first kappa shape index (κ1) is 19.8. The molecule has 1 aromatic heterocycles. The van der Waals surface area contributed by atoms with E-state index in [1.54, 1.807) is 24.0 Å². The number of carbonyl (C=O) groups excluding carboxylic acids is 2. The van der Waals surface area contributed by atoms with Gasteiger partial charge in [0.1, 0.15) is 0 Å². The summed E-state index contributed by atoms with van der Waals surface area (Å²) in [5, 5.41) is 2.85. The van der Waals surface area contributed by atoms with E-state index in [4.69, 9.17) is 0 Å². The van der Waals surface area contributed by atoms with Gasteiger partial charge in [0, 0.05) is 26.5 Å². The first-order valence-corrected chi connectivity index (χ1v) is 8.47. The van der Waals surface area contributed by atoms with Crippen LogP contribution in [0.2, 0.25) is 0 Å². The molecule has 0 bridgehead atoms. The molecule has 0 aliphatic heterocycles. The van der Waals surface area contributed by atoms with Crippen molar-refractivity contribution >= 4 is 29.3 Å². The zero-order valence-electron chi connectivity index (χ0n) is 14.1. The van der Waals surface area contributed by atoms with Gasteiger partial charge in [-0.25, -0.2) is 4.98 Å². The lowest BCUT2D eigenvalue weighted by molar-refractivity contribution is -0.137. The van der Waals surface area contributed by atoms with Crippen LogP contribution in [0.5, 0.6) is 0 Å². The van der Waals surface area contributed by atoms with Crippen molar-refractivity contribution in [1.29, 1.82) is 0 Å². The molecule has 0 fully saturated rings. The number of thioether (sulfide) groups is 1. The van der Waals surface area contributed by atoms with Crippen molar-refractivity contribution in [3.05, 3.63) is 42.2 Å². The van der Waals surface area contributed by atoms with Crippen LogP contribution in [0.3, 0.4) is 0 Å². The quantitative estimate of drug-likeness (QED) is 0.775. The number of likely N-dealkylation sites (N-methyl/N-ethyl adjacent to an activating group) is 1. The van der Waals surface area contributed by atoms with Crippen LogP contribution < -0.4 is 5.32 Å². The number of para-hydroxylation sites is 1. The number of halogens is 3. The number of rotatable bonds is 6. The first-order valence-electron chi connectivity index (χ1n) is 7.48. The Hall–Kier alpha value is -2.49. The van der Waals surface area contributed by atoms with Crippen LogP contribution in [-0.4, -0.2) is 45.6 Å². The Bertz CT molecular complexity index is 792. The normalized spacial score (nSPS) is 11.3. The number of carbonyl (C=O) groups is 2. The number of benzene rings is 1. The summed E-state index contributed by atoms with van der Waals surface area (Å²) < 4.78 is 40.5. The molecular weight excluding hydrogens is 369 g/mol. The highest BCUT2D eigenvalue weighted by Crippen LogP contribution is 2.34. The van der Waals surface area contributed by atoms with E-state index in [0.29, 0.717) is 5.16 Å². The van der Waals surface area contributed by atoms with Crippen molar-refractivity contribution in [2.75, 3.05) is 24.7 Å². The third-order valence-corrected chi connectivity index (χ3v) is 4.46. The third-order valence-electron chi connectivity index (χ3n) is 3.41. The van der Waals surface area contributed by atoms with Crippen LogP contribution in [0.15, 0.2) is 41.8 Å². The van der Waals surface area contributed by atoms with Gasteiger partial charge in [-0.2, -0.15) is 13.2 Å². The number of alkyl halides is 3. The molecule has 0 aliphatic carbocycles. The van der Waals surface area contributed by atoms with E-state index >= 15 is 0 Å². The van der Waals surface area contributed by atoms with Gasteiger partial charge in [0.25, 0.3) is 0 Å². The molecule has 0 radical (unpaired) electrons. The van der Waals surface area contributed by atoms with Crippen molar-refractivity contribution in [3.8, 4) is 0 Å². The highest BCUT2D eigenvalue weighted by atomic mass is 32.2. The molecule has 0 saturated heterocycles. The molecule has 0 atom stereocenters. The molecule has 140 valence electrons. The summed E-state index contributed by atoms with van der Waals surface area (Å²) in [5.41, 5.74) is -1.28. The summed E-state index contributed by atoms with van der Waals surface area (Å²) in [7, 11) is 3.20. The molecule has 0 saturated carbocycles. The van der Waals surface area contributed by atoms with E-state index in [9.17, 15) is 22.8 Å². The van der Waals surface area contributed by atoms with E-state index in [0.717, 1.165) is 11.0 Å². The van der Waals surface area contributed by atoms with Crippen LogP contribution in [0, 0.1) is 0 Å². The molecule has 1 N–H and O–H groups in total. The second-order valence-electron chi connectivity index (χ2n) is 5.45. The van der Waals surface area contributed by atoms with Crippen molar-refractivity contribution in [2.45, 2.75) is 11.3 Å².